The molecule has 94 valence electrons. The maximum atomic E-state index is 12.0. The van der Waals surface area contributed by atoms with E-state index in [4.69, 9.17) is 0 Å². The molecule has 1 N–H and O–H groups in total. The zero-order chi connectivity index (χ0) is 11.8. The number of aliphatic hydroxyl groups excluding tert-OH is 1. The standard InChI is InChI=1S/C11H21NO3S/c1-9-6-11(13)8-12(7-9)16(14,15)5-4-10-2-3-10/h9-11,13H,2-8H2,1H3. The Bertz CT molecular complexity index is 327. The minimum Gasteiger partial charge on any atom is -0.392 e. The van der Waals surface area contributed by atoms with Gasteiger partial charge in [-0.05, 0) is 24.7 Å². The van der Waals surface area contributed by atoms with Crippen molar-refractivity contribution in [2.75, 3.05) is 18.8 Å². The van der Waals surface area contributed by atoms with E-state index in [2.05, 4.69) is 0 Å². The first kappa shape index (κ1) is 12.3. The summed E-state index contributed by atoms with van der Waals surface area (Å²) in [6.07, 6.45) is 3.40. The molecule has 0 aromatic heterocycles. The second kappa shape index (κ2) is 4.63. The normalized spacial score (nSPS) is 32.9. The molecule has 2 fully saturated rings. The van der Waals surface area contributed by atoms with Crippen LogP contribution in [0.4, 0.5) is 0 Å². The van der Waals surface area contributed by atoms with Gasteiger partial charge >= 0.3 is 0 Å². The van der Waals surface area contributed by atoms with Gasteiger partial charge in [-0.1, -0.05) is 19.8 Å². The average molecular weight is 247 g/mol. The van der Waals surface area contributed by atoms with Crippen LogP contribution in [-0.2, 0) is 10.0 Å². The van der Waals surface area contributed by atoms with Crippen molar-refractivity contribution < 1.29 is 13.5 Å². The minimum absolute atomic E-state index is 0.261. The molecule has 0 aromatic carbocycles. The lowest BCUT2D eigenvalue weighted by molar-refractivity contribution is 0.0821. The summed E-state index contributed by atoms with van der Waals surface area (Å²) in [6, 6.07) is 0. The van der Waals surface area contributed by atoms with Crippen LogP contribution in [0.25, 0.3) is 0 Å². The van der Waals surface area contributed by atoms with Crippen LogP contribution in [0.3, 0.4) is 0 Å². The average Bonchev–Trinajstić information content (AvgIpc) is 2.96. The van der Waals surface area contributed by atoms with Crippen molar-refractivity contribution in [3.63, 3.8) is 0 Å². The van der Waals surface area contributed by atoms with E-state index >= 15 is 0 Å². The fourth-order valence-corrected chi connectivity index (χ4v) is 4.12. The van der Waals surface area contributed by atoms with Crippen molar-refractivity contribution in [3.8, 4) is 0 Å². The van der Waals surface area contributed by atoms with Gasteiger partial charge in [0.2, 0.25) is 10.0 Å². The van der Waals surface area contributed by atoms with E-state index in [1.165, 1.54) is 17.1 Å². The summed E-state index contributed by atoms with van der Waals surface area (Å²) in [5, 5.41) is 9.60. The lowest BCUT2D eigenvalue weighted by Crippen LogP contribution is -2.46. The molecule has 1 saturated heterocycles. The second-order valence-electron chi connectivity index (χ2n) is 5.36. The summed E-state index contributed by atoms with van der Waals surface area (Å²) in [4.78, 5) is 0. The Labute approximate surface area is 97.7 Å². The van der Waals surface area contributed by atoms with Crippen LogP contribution >= 0.6 is 0 Å². The molecule has 4 nitrogen and oxygen atoms in total. The van der Waals surface area contributed by atoms with Crippen molar-refractivity contribution in [1.29, 1.82) is 0 Å². The van der Waals surface area contributed by atoms with Gasteiger partial charge < -0.3 is 5.11 Å². The maximum Gasteiger partial charge on any atom is 0.214 e. The number of hydrogen-bond acceptors (Lipinski definition) is 3. The molecule has 2 unspecified atom stereocenters. The van der Waals surface area contributed by atoms with E-state index in [1.54, 1.807) is 0 Å². The van der Waals surface area contributed by atoms with Gasteiger partial charge in [0, 0.05) is 13.1 Å². The number of nitrogens with zero attached hydrogens (tertiary/aromatic N) is 1. The van der Waals surface area contributed by atoms with Gasteiger partial charge in [-0.25, -0.2) is 8.42 Å². The fraction of sp³-hybridized carbons (Fsp3) is 1.00. The first-order valence-electron chi connectivity index (χ1n) is 6.13. The van der Waals surface area contributed by atoms with E-state index in [0.29, 0.717) is 18.9 Å². The first-order chi connectivity index (χ1) is 7.47. The third-order valence-electron chi connectivity index (χ3n) is 3.48. The van der Waals surface area contributed by atoms with E-state index in [0.717, 1.165) is 6.42 Å². The molecule has 2 rings (SSSR count). The molecule has 16 heavy (non-hydrogen) atoms. The van der Waals surface area contributed by atoms with Crippen molar-refractivity contribution in [2.45, 2.75) is 38.7 Å². The predicted molar refractivity (Wildman–Crippen MR) is 62.5 cm³/mol. The summed E-state index contributed by atoms with van der Waals surface area (Å²) in [5.41, 5.74) is 0. The third kappa shape index (κ3) is 3.18. The molecule has 5 heteroatoms. The molecule has 2 atom stereocenters. The summed E-state index contributed by atoms with van der Waals surface area (Å²) >= 11 is 0. The number of rotatable bonds is 4. The van der Waals surface area contributed by atoms with Gasteiger partial charge in [0.1, 0.15) is 0 Å². The smallest absolute Gasteiger partial charge is 0.214 e. The van der Waals surface area contributed by atoms with Crippen molar-refractivity contribution in [2.24, 2.45) is 11.8 Å². The van der Waals surface area contributed by atoms with Gasteiger partial charge in [0.05, 0.1) is 11.9 Å². The Kier molecular flexibility index (Phi) is 3.56. The molecule has 0 bridgehead atoms. The predicted octanol–water partition coefficient (Wildman–Crippen LogP) is 0.819. The molecule has 0 amide bonds. The minimum atomic E-state index is -3.13. The molecular weight excluding hydrogens is 226 g/mol. The number of piperidine rings is 1. The van der Waals surface area contributed by atoms with Crippen LogP contribution in [0.15, 0.2) is 0 Å². The Morgan fingerprint density at radius 2 is 2.00 bits per heavy atom. The molecule has 0 aromatic rings. The Balaban J connectivity index is 1.92. The van der Waals surface area contributed by atoms with Crippen LogP contribution in [0, 0.1) is 11.8 Å². The Morgan fingerprint density at radius 1 is 1.31 bits per heavy atom. The van der Waals surface area contributed by atoms with Crippen LogP contribution in [0.5, 0.6) is 0 Å². The highest BCUT2D eigenvalue weighted by molar-refractivity contribution is 7.89. The van der Waals surface area contributed by atoms with Crippen molar-refractivity contribution in [3.05, 3.63) is 0 Å². The van der Waals surface area contributed by atoms with E-state index in [-0.39, 0.29) is 18.2 Å². The van der Waals surface area contributed by atoms with Gasteiger partial charge in [-0.15, -0.1) is 0 Å². The number of aliphatic hydroxyl groups is 1. The summed E-state index contributed by atoms with van der Waals surface area (Å²) in [7, 11) is -3.13. The zero-order valence-corrected chi connectivity index (χ0v) is 10.6. The molecule has 1 heterocycles. The molecular formula is C11H21NO3S. The zero-order valence-electron chi connectivity index (χ0n) is 9.80. The Morgan fingerprint density at radius 3 is 2.56 bits per heavy atom. The summed E-state index contributed by atoms with van der Waals surface area (Å²) in [5.74, 6) is 1.17. The quantitative estimate of drug-likeness (QED) is 0.800. The van der Waals surface area contributed by atoms with Crippen molar-refractivity contribution in [1.82, 2.24) is 4.31 Å². The van der Waals surface area contributed by atoms with Crippen molar-refractivity contribution >= 4 is 10.0 Å². The molecule has 2 aliphatic rings. The highest BCUT2D eigenvalue weighted by Gasteiger charge is 2.32. The lowest BCUT2D eigenvalue weighted by Gasteiger charge is -2.33. The molecule has 1 aliphatic carbocycles. The van der Waals surface area contributed by atoms with E-state index < -0.39 is 16.1 Å². The first-order valence-corrected chi connectivity index (χ1v) is 7.74. The SMILES string of the molecule is CC1CC(O)CN(S(=O)(=O)CCC2CC2)C1. The van der Waals surface area contributed by atoms with E-state index in [9.17, 15) is 13.5 Å². The van der Waals surface area contributed by atoms with Crippen LogP contribution in [-0.4, -0.2) is 42.8 Å². The van der Waals surface area contributed by atoms with Crippen LogP contribution in [0.1, 0.15) is 32.6 Å². The fourth-order valence-electron chi connectivity index (χ4n) is 2.35. The summed E-state index contributed by atoms with van der Waals surface area (Å²) < 4.78 is 25.5. The second-order valence-corrected chi connectivity index (χ2v) is 7.45. The molecule has 1 saturated carbocycles. The summed E-state index contributed by atoms with van der Waals surface area (Å²) in [6.45, 7) is 2.85. The lowest BCUT2D eigenvalue weighted by atomic mass is 10.00. The number of hydrogen-bond donors (Lipinski definition) is 1. The van der Waals surface area contributed by atoms with Gasteiger partial charge in [0.15, 0.2) is 0 Å². The number of sulfonamides is 1. The highest BCUT2D eigenvalue weighted by Crippen LogP contribution is 2.33. The molecule has 1 aliphatic heterocycles. The van der Waals surface area contributed by atoms with Gasteiger partial charge in [-0.3, -0.25) is 0 Å². The van der Waals surface area contributed by atoms with E-state index in [1.807, 2.05) is 6.92 Å². The Hall–Kier alpha value is -0.130. The molecule has 0 radical (unpaired) electrons. The van der Waals surface area contributed by atoms with Gasteiger partial charge in [-0.2, -0.15) is 4.31 Å². The van der Waals surface area contributed by atoms with Crippen LogP contribution < -0.4 is 0 Å². The number of β-amino-alcohol motifs (C(OH)–C–C–N with tert-alkyl or cyclic N) is 1. The topological polar surface area (TPSA) is 57.6 Å². The third-order valence-corrected chi connectivity index (χ3v) is 5.32. The highest BCUT2D eigenvalue weighted by atomic mass is 32.2. The van der Waals surface area contributed by atoms with Crippen LogP contribution in [0.2, 0.25) is 0 Å². The molecule has 0 spiro atoms. The van der Waals surface area contributed by atoms with Gasteiger partial charge in [0.25, 0.3) is 0 Å². The largest absolute Gasteiger partial charge is 0.392 e. The maximum absolute atomic E-state index is 12.0. The monoisotopic (exact) mass is 247 g/mol.